The average Bonchev–Trinajstić information content (AvgIpc) is 3.13. The lowest BCUT2D eigenvalue weighted by Gasteiger charge is -2.09. The van der Waals surface area contributed by atoms with Gasteiger partial charge in [-0.2, -0.15) is 0 Å². The van der Waals surface area contributed by atoms with Gasteiger partial charge in [0.15, 0.2) is 0 Å². The van der Waals surface area contributed by atoms with Gasteiger partial charge in [-0.05, 0) is 30.5 Å². The van der Waals surface area contributed by atoms with E-state index in [0.717, 1.165) is 12.2 Å². The Morgan fingerprint density at radius 3 is 1.08 bits per heavy atom. The maximum Gasteiger partial charge on any atom is 0.302 e. The molecule has 0 aliphatic carbocycles. The van der Waals surface area contributed by atoms with Gasteiger partial charge in [0.25, 0.3) is 0 Å². The van der Waals surface area contributed by atoms with Crippen molar-refractivity contribution in [3.63, 3.8) is 0 Å². The van der Waals surface area contributed by atoms with Crippen molar-refractivity contribution in [1.29, 1.82) is 0 Å². The van der Waals surface area contributed by atoms with Crippen molar-refractivity contribution < 1.29 is 61.6 Å². The van der Waals surface area contributed by atoms with E-state index in [1.807, 2.05) is 12.1 Å². The second kappa shape index (κ2) is 39.3. The Morgan fingerprint density at radius 1 is 0.412 bits per heavy atom. The molecule has 0 aliphatic rings. The zero-order valence-electron chi connectivity index (χ0n) is 31.6. The SMILES string of the molecule is CCCCCCCCc1ccc(OCCOCCOCCOCCOCCOCCOCCOCCOCCOCCOCCOC(C)=O)cc1. The maximum atomic E-state index is 10.6. The first-order valence-electron chi connectivity index (χ1n) is 18.8. The van der Waals surface area contributed by atoms with Crippen molar-refractivity contribution in [2.45, 2.75) is 58.8 Å². The molecule has 0 bridgehead atoms. The molecule has 0 saturated carbocycles. The zero-order chi connectivity index (χ0) is 36.6. The van der Waals surface area contributed by atoms with Crippen LogP contribution >= 0.6 is 0 Å². The van der Waals surface area contributed by atoms with Crippen LogP contribution in [0.2, 0.25) is 0 Å². The Hall–Kier alpha value is -1.91. The fraction of sp³-hybridized carbons (Fsp3) is 0.816. The van der Waals surface area contributed by atoms with Crippen LogP contribution in [0.4, 0.5) is 0 Å². The molecule has 1 aromatic rings. The van der Waals surface area contributed by atoms with E-state index in [4.69, 9.17) is 56.8 Å². The summed E-state index contributed by atoms with van der Waals surface area (Å²) in [5.74, 6) is 0.572. The minimum absolute atomic E-state index is 0.258. The van der Waals surface area contributed by atoms with Crippen LogP contribution in [0.15, 0.2) is 24.3 Å². The lowest BCUT2D eigenvalue weighted by atomic mass is 10.0. The number of aryl methyl sites for hydroxylation is 1. The highest BCUT2D eigenvalue weighted by Crippen LogP contribution is 2.15. The first-order valence-corrected chi connectivity index (χ1v) is 18.8. The standard InChI is InChI=1S/C38H68O13/c1-3-4-5-6-7-8-9-37-10-12-38(13-11-37)51-35-33-49-31-29-47-27-25-45-23-21-43-19-17-41-15-14-40-16-18-42-20-22-44-24-26-46-28-30-48-32-34-50-36(2)39/h10-13H,3-9,14-35H2,1-2H3. The van der Waals surface area contributed by atoms with Crippen LogP contribution in [0.25, 0.3) is 0 Å². The molecular formula is C38H68O13. The van der Waals surface area contributed by atoms with Gasteiger partial charge < -0.3 is 56.8 Å². The minimum atomic E-state index is -0.310. The molecule has 0 aromatic heterocycles. The Morgan fingerprint density at radius 2 is 0.725 bits per heavy atom. The Bertz CT molecular complexity index is 844. The van der Waals surface area contributed by atoms with Crippen LogP contribution < -0.4 is 4.74 Å². The first-order chi connectivity index (χ1) is 25.2. The number of ether oxygens (including phenoxy) is 12. The zero-order valence-corrected chi connectivity index (χ0v) is 31.6. The number of carbonyl (C=O) groups excluding carboxylic acids is 1. The van der Waals surface area contributed by atoms with Crippen LogP contribution in [0.3, 0.4) is 0 Å². The molecule has 0 fully saturated rings. The van der Waals surface area contributed by atoms with Crippen molar-refractivity contribution in [3.05, 3.63) is 29.8 Å². The normalized spacial score (nSPS) is 11.3. The molecule has 0 radical (unpaired) electrons. The molecular weight excluding hydrogens is 664 g/mol. The number of esters is 1. The summed E-state index contributed by atoms with van der Waals surface area (Å²) >= 11 is 0. The van der Waals surface area contributed by atoms with Crippen LogP contribution in [-0.4, -0.2) is 151 Å². The van der Waals surface area contributed by atoms with Crippen molar-refractivity contribution >= 4 is 5.97 Å². The number of hydrogen-bond acceptors (Lipinski definition) is 13. The highest BCUT2D eigenvalue weighted by molar-refractivity contribution is 5.65. The summed E-state index contributed by atoms with van der Waals surface area (Å²) in [6.45, 7) is 14.3. The summed E-state index contributed by atoms with van der Waals surface area (Å²) < 4.78 is 65.2. The number of unbranched alkanes of at least 4 members (excludes halogenated alkanes) is 5. The quantitative estimate of drug-likeness (QED) is 0.0683. The van der Waals surface area contributed by atoms with E-state index in [0.29, 0.717) is 139 Å². The van der Waals surface area contributed by atoms with Crippen molar-refractivity contribution in [1.82, 2.24) is 0 Å². The highest BCUT2D eigenvalue weighted by Gasteiger charge is 1.99. The van der Waals surface area contributed by atoms with E-state index in [-0.39, 0.29) is 12.6 Å². The average molecular weight is 733 g/mol. The van der Waals surface area contributed by atoms with E-state index in [1.54, 1.807) is 0 Å². The second-order valence-corrected chi connectivity index (χ2v) is 11.5. The van der Waals surface area contributed by atoms with Crippen LogP contribution in [0, 0.1) is 0 Å². The van der Waals surface area contributed by atoms with Gasteiger partial charge in [0.1, 0.15) is 19.0 Å². The highest BCUT2D eigenvalue weighted by atomic mass is 16.6. The summed E-state index contributed by atoms with van der Waals surface area (Å²) in [6, 6.07) is 8.42. The molecule has 0 unspecified atom stereocenters. The van der Waals surface area contributed by atoms with Crippen molar-refractivity contribution in [2.75, 3.05) is 145 Å². The third-order valence-electron chi connectivity index (χ3n) is 7.12. The van der Waals surface area contributed by atoms with E-state index >= 15 is 0 Å². The van der Waals surface area contributed by atoms with Crippen molar-refractivity contribution in [3.8, 4) is 5.75 Å². The molecule has 0 atom stereocenters. The summed E-state index contributed by atoms with van der Waals surface area (Å²) in [5.41, 5.74) is 1.37. The topological polar surface area (TPSA) is 128 Å². The number of carbonyl (C=O) groups is 1. The molecule has 0 spiro atoms. The Kier molecular flexibility index (Phi) is 36.3. The lowest BCUT2D eigenvalue weighted by Crippen LogP contribution is -2.15. The summed E-state index contributed by atoms with van der Waals surface area (Å²) in [5, 5.41) is 0. The Balaban J connectivity index is 1.68. The predicted octanol–water partition coefficient (Wildman–Crippen LogP) is 4.70. The molecule has 0 N–H and O–H groups in total. The minimum Gasteiger partial charge on any atom is -0.491 e. The molecule has 298 valence electrons. The molecule has 1 rings (SSSR count). The molecule has 13 heteroatoms. The maximum absolute atomic E-state index is 10.6. The summed E-state index contributed by atoms with van der Waals surface area (Å²) in [4.78, 5) is 10.6. The number of rotatable bonds is 41. The number of benzene rings is 1. The van der Waals surface area contributed by atoms with Gasteiger partial charge in [0.2, 0.25) is 0 Å². The van der Waals surface area contributed by atoms with Gasteiger partial charge in [-0.3, -0.25) is 4.79 Å². The fourth-order valence-corrected chi connectivity index (χ4v) is 4.41. The molecule has 0 aliphatic heterocycles. The van der Waals surface area contributed by atoms with Crippen LogP contribution in [0.1, 0.15) is 57.9 Å². The number of hydrogen-bond donors (Lipinski definition) is 0. The van der Waals surface area contributed by atoms with E-state index in [2.05, 4.69) is 19.1 Å². The monoisotopic (exact) mass is 732 g/mol. The third-order valence-corrected chi connectivity index (χ3v) is 7.12. The molecule has 0 amide bonds. The largest absolute Gasteiger partial charge is 0.491 e. The van der Waals surface area contributed by atoms with Crippen molar-refractivity contribution in [2.24, 2.45) is 0 Å². The van der Waals surface area contributed by atoms with Gasteiger partial charge in [-0.15, -0.1) is 0 Å². The summed E-state index contributed by atoms with van der Waals surface area (Å²) in [6.07, 6.45) is 9.07. The Labute approximate surface area is 307 Å². The van der Waals surface area contributed by atoms with E-state index in [9.17, 15) is 4.79 Å². The third kappa shape index (κ3) is 36.2. The predicted molar refractivity (Wildman–Crippen MR) is 194 cm³/mol. The molecule has 51 heavy (non-hydrogen) atoms. The van der Waals surface area contributed by atoms with Gasteiger partial charge in [-0.1, -0.05) is 51.2 Å². The molecule has 13 nitrogen and oxygen atoms in total. The van der Waals surface area contributed by atoms with Gasteiger partial charge in [0, 0.05) is 6.92 Å². The molecule has 0 heterocycles. The van der Waals surface area contributed by atoms with Gasteiger partial charge >= 0.3 is 5.97 Å². The van der Waals surface area contributed by atoms with E-state index < -0.39 is 0 Å². The van der Waals surface area contributed by atoms with Crippen LogP contribution in [0.5, 0.6) is 5.75 Å². The second-order valence-electron chi connectivity index (χ2n) is 11.5. The van der Waals surface area contributed by atoms with Gasteiger partial charge in [0.05, 0.1) is 132 Å². The molecule has 0 saturated heterocycles. The van der Waals surface area contributed by atoms with Gasteiger partial charge in [-0.25, -0.2) is 0 Å². The van der Waals surface area contributed by atoms with E-state index in [1.165, 1.54) is 51.0 Å². The molecule has 1 aromatic carbocycles. The lowest BCUT2D eigenvalue weighted by molar-refractivity contribution is -0.142. The fourth-order valence-electron chi connectivity index (χ4n) is 4.41. The summed E-state index contributed by atoms with van der Waals surface area (Å²) in [7, 11) is 0. The first kappa shape index (κ1) is 47.1. The van der Waals surface area contributed by atoms with Crippen LogP contribution in [-0.2, 0) is 63.3 Å². The smallest absolute Gasteiger partial charge is 0.302 e.